The third-order valence-electron chi connectivity index (χ3n) is 2.71. The molecular weight excluding hydrogens is 284 g/mol. The van der Waals surface area contributed by atoms with Gasteiger partial charge in [-0.15, -0.1) is 0 Å². The number of carbonyl (C=O) groups excluding carboxylic acids is 2. The Hall–Kier alpha value is -1.36. The number of para-hydroxylation sites is 1. The molecule has 0 saturated heterocycles. The molecule has 0 aromatic heterocycles. The first-order valence-electron chi connectivity index (χ1n) is 5.38. The predicted molar refractivity (Wildman–Crippen MR) is 69.1 cm³/mol. The molecule has 1 aromatic carbocycles. The van der Waals surface area contributed by atoms with Gasteiger partial charge < -0.3 is 10.2 Å². The molecule has 1 heterocycles. The first-order chi connectivity index (χ1) is 8.15. The lowest BCUT2D eigenvalue weighted by molar-refractivity contribution is -0.126. The molecular formula is C12H13BrN2O2. The normalized spacial score (nSPS) is 18.1. The minimum Gasteiger partial charge on any atom is -0.341 e. The smallest absolute Gasteiger partial charge is 0.254 e. The number of hydrogen-bond donors (Lipinski definition) is 1. The number of benzene rings is 1. The number of hydrogen-bond acceptors (Lipinski definition) is 2. The largest absolute Gasteiger partial charge is 0.341 e. The molecule has 0 spiro atoms. The van der Waals surface area contributed by atoms with Crippen molar-refractivity contribution >= 4 is 33.4 Å². The molecule has 2 amide bonds. The van der Waals surface area contributed by atoms with Crippen LogP contribution in [0.3, 0.4) is 0 Å². The van der Waals surface area contributed by atoms with Gasteiger partial charge in [-0.2, -0.15) is 0 Å². The Bertz CT molecular complexity index is 462. The molecule has 17 heavy (non-hydrogen) atoms. The number of rotatable bonds is 3. The lowest BCUT2D eigenvalue weighted by atomic mass is 10.1. The maximum absolute atomic E-state index is 12.2. The van der Waals surface area contributed by atoms with E-state index >= 15 is 0 Å². The van der Waals surface area contributed by atoms with Crippen LogP contribution in [-0.2, 0) is 9.59 Å². The summed E-state index contributed by atoms with van der Waals surface area (Å²) < 4.78 is 0. The number of nitrogens with one attached hydrogen (secondary N) is 1. The Kier molecular flexibility index (Phi) is 3.47. The highest BCUT2D eigenvalue weighted by Gasteiger charge is 2.36. The zero-order valence-electron chi connectivity index (χ0n) is 9.44. The minimum atomic E-state index is -0.539. The van der Waals surface area contributed by atoms with E-state index in [1.54, 1.807) is 4.90 Å². The molecule has 1 aromatic rings. The van der Waals surface area contributed by atoms with Crippen molar-refractivity contribution in [3.63, 3.8) is 0 Å². The van der Waals surface area contributed by atoms with E-state index in [0.717, 1.165) is 11.3 Å². The average Bonchev–Trinajstić information content (AvgIpc) is 2.55. The highest BCUT2D eigenvalue weighted by molar-refractivity contribution is 9.09. The molecule has 0 aliphatic carbocycles. The van der Waals surface area contributed by atoms with Gasteiger partial charge in [0.25, 0.3) is 5.91 Å². The van der Waals surface area contributed by atoms with Gasteiger partial charge in [-0.25, -0.2) is 0 Å². The molecule has 1 aliphatic rings. The van der Waals surface area contributed by atoms with Crippen molar-refractivity contribution in [3.8, 4) is 0 Å². The fourth-order valence-corrected chi connectivity index (χ4v) is 2.40. The maximum Gasteiger partial charge on any atom is 0.254 e. The Morgan fingerprint density at radius 3 is 2.82 bits per heavy atom. The number of anilines is 1. The SMILES string of the molecule is CC(=O)N[C@H]1C(=O)N(CCBr)c2ccccc21. The van der Waals surface area contributed by atoms with Crippen molar-refractivity contribution in [1.29, 1.82) is 0 Å². The predicted octanol–water partition coefficient (Wildman–Crippen LogP) is 1.61. The number of halogens is 1. The van der Waals surface area contributed by atoms with Gasteiger partial charge in [0.1, 0.15) is 6.04 Å². The number of carbonyl (C=O) groups is 2. The summed E-state index contributed by atoms with van der Waals surface area (Å²) in [6, 6.07) is 7.00. The maximum atomic E-state index is 12.2. The summed E-state index contributed by atoms with van der Waals surface area (Å²) >= 11 is 3.33. The molecule has 1 atom stereocenters. The molecule has 1 aliphatic heterocycles. The lowest BCUT2D eigenvalue weighted by Crippen LogP contribution is -2.37. The van der Waals surface area contributed by atoms with Crippen LogP contribution in [-0.4, -0.2) is 23.7 Å². The van der Waals surface area contributed by atoms with Crippen molar-refractivity contribution in [2.45, 2.75) is 13.0 Å². The van der Waals surface area contributed by atoms with Gasteiger partial charge in [-0.1, -0.05) is 34.1 Å². The molecule has 0 radical (unpaired) electrons. The Morgan fingerprint density at radius 1 is 1.47 bits per heavy atom. The Morgan fingerprint density at radius 2 is 2.18 bits per heavy atom. The Balaban J connectivity index is 2.37. The highest BCUT2D eigenvalue weighted by atomic mass is 79.9. The van der Waals surface area contributed by atoms with Gasteiger partial charge in [0.05, 0.1) is 0 Å². The van der Waals surface area contributed by atoms with E-state index in [9.17, 15) is 9.59 Å². The van der Waals surface area contributed by atoms with E-state index in [4.69, 9.17) is 0 Å². The van der Waals surface area contributed by atoms with Crippen LogP contribution in [0.2, 0.25) is 0 Å². The van der Waals surface area contributed by atoms with E-state index < -0.39 is 6.04 Å². The van der Waals surface area contributed by atoms with Gasteiger partial charge >= 0.3 is 0 Å². The molecule has 0 bridgehead atoms. The molecule has 0 fully saturated rings. The minimum absolute atomic E-state index is 0.0687. The molecule has 0 saturated carbocycles. The van der Waals surface area contributed by atoms with Crippen LogP contribution in [0.25, 0.3) is 0 Å². The molecule has 90 valence electrons. The number of fused-ring (bicyclic) bond motifs is 1. The average molecular weight is 297 g/mol. The summed E-state index contributed by atoms with van der Waals surface area (Å²) in [5, 5.41) is 3.40. The van der Waals surface area contributed by atoms with E-state index in [0.29, 0.717) is 11.9 Å². The van der Waals surface area contributed by atoms with Crippen molar-refractivity contribution in [2.75, 3.05) is 16.8 Å². The second-order valence-electron chi connectivity index (χ2n) is 3.87. The lowest BCUT2D eigenvalue weighted by Gasteiger charge is -2.16. The summed E-state index contributed by atoms with van der Waals surface area (Å²) in [5.74, 6) is -0.264. The summed E-state index contributed by atoms with van der Waals surface area (Å²) in [7, 11) is 0. The van der Waals surface area contributed by atoms with Crippen molar-refractivity contribution in [2.24, 2.45) is 0 Å². The van der Waals surface area contributed by atoms with Crippen LogP contribution >= 0.6 is 15.9 Å². The Labute approximate surface area is 108 Å². The fraction of sp³-hybridized carbons (Fsp3) is 0.333. The van der Waals surface area contributed by atoms with Crippen molar-refractivity contribution < 1.29 is 9.59 Å². The third kappa shape index (κ3) is 2.20. The van der Waals surface area contributed by atoms with Crippen molar-refractivity contribution in [1.82, 2.24) is 5.32 Å². The molecule has 5 heteroatoms. The van der Waals surface area contributed by atoms with Crippen LogP contribution in [0.1, 0.15) is 18.5 Å². The number of amides is 2. The topological polar surface area (TPSA) is 49.4 Å². The molecule has 0 unspecified atom stereocenters. The van der Waals surface area contributed by atoms with Crippen LogP contribution < -0.4 is 10.2 Å². The van der Waals surface area contributed by atoms with Crippen molar-refractivity contribution in [3.05, 3.63) is 29.8 Å². The van der Waals surface area contributed by atoms with E-state index in [1.165, 1.54) is 6.92 Å². The monoisotopic (exact) mass is 296 g/mol. The number of alkyl halides is 1. The van der Waals surface area contributed by atoms with Gasteiger partial charge in [-0.3, -0.25) is 9.59 Å². The zero-order valence-corrected chi connectivity index (χ0v) is 11.0. The standard InChI is InChI=1S/C12H13BrN2O2/c1-8(16)14-11-9-4-2-3-5-10(9)15(7-6-13)12(11)17/h2-5,11H,6-7H2,1H3,(H,14,16)/t11-/m1/s1. The van der Waals surface area contributed by atoms with Gasteiger partial charge in [0.15, 0.2) is 0 Å². The molecule has 2 rings (SSSR count). The quantitative estimate of drug-likeness (QED) is 0.862. The summed E-state index contributed by atoms with van der Waals surface area (Å²) in [6.45, 7) is 2.02. The first kappa shape index (κ1) is 12.1. The van der Waals surface area contributed by atoms with Gasteiger partial charge in [0, 0.05) is 30.0 Å². The van der Waals surface area contributed by atoms with Crippen LogP contribution in [0.15, 0.2) is 24.3 Å². The summed E-state index contributed by atoms with van der Waals surface area (Å²) in [6.07, 6.45) is 0. The fourth-order valence-electron chi connectivity index (χ4n) is 2.04. The zero-order chi connectivity index (χ0) is 12.4. The molecule has 1 N–H and O–H groups in total. The summed E-state index contributed by atoms with van der Waals surface area (Å²) in [4.78, 5) is 25.0. The highest BCUT2D eigenvalue weighted by Crippen LogP contribution is 2.35. The van der Waals surface area contributed by atoms with E-state index in [1.807, 2.05) is 24.3 Å². The second kappa shape index (κ2) is 4.87. The van der Waals surface area contributed by atoms with Crippen LogP contribution in [0, 0.1) is 0 Å². The van der Waals surface area contributed by atoms with Gasteiger partial charge in [-0.05, 0) is 6.07 Å². The first-order valence-corrected chi connectivity index (χ1v) is 6.50. The summed E-state index contributed by atoms with van der Waals surface area (Å²) in [5.41, 5.74) is 1.75. The van der Waals surface area contributed by atoms with Gasteiger partial charge in [0.2, 0.25) is 5.91 Å². The molecule has 4 nitrogen and oxygen atoms in total. The third-order valence-corrected chi connectivity index (χ3v) is 3.06. The second-order valence-corrected chi connectivity index (χ2v) is 4.66. The van der Waals surface area contributed by atoms with E-state index in [2.05, 4.69) is 21.2 Å². The van der Waals surface area contributed by atoms with E-state index in [-0.39, 0.29) is 11.8 Å². The van der Waals surface area contributed by atoms with Crippen LogP contribution in [0.5, 0.6) is 0 Å². The van der Waals surface area contributed by atoms with Crippen LogP contribution in [0.4, 0.5) is 5.69 Å². The number of nitrogens with zero attached hydrogens (tertiary/aromatic N) is 1.